The van der Waals surface area contributed by atoms with E-state index in [4.69, 9.17) is 16.6 Å². The molecule has 0 aliphatic carbocycles. The summed E-state index contributed by atoms with van der Waals surface area (Å²) in [6.07, 6.45) is 1.53. The number of carbonyl (C=O) groups excluding carboxylic acids is 1. The highest BCUT2D eigenvalue weighted by Gasteiger charge is 2.28. The summed E-state index contributed by atoms with van der Waals surface area (Å²) in [4.78, 5) is 26.4. The molecule has 37 heavy (non-hydrogen) atoms. The molecular weight excluding hydrogens is 493 g/mol. The van der Waals surface area contributed by atoms with Crippen molar-refractivity contribution in [3.05, 3.63) is 100.0 Å². The molecule has 1 atom stereocenters. The number of nitrogens with one attached hydrogen (secondary N) is 1. The number of nitrogens with zero attached hydrogens (tertiary/aromatic N) is 6. The maximum atomic E-state index is 15.2. The molecule has 3 aromatic heterocycles. The van der Waals surface area contributed by atoms with Crippen LogP contribution in [0.1, 0.15) is 52.6 Å². The van der Waals surface area contributed by atoms with E-state index in [1.165, 1.54) is 12.4 Å². The number of hydrogen-bond donors (Lipinski definition) is 1. The Morgan fingerprint density at radius 2 is 1.78 bits per heavy atom. The lowest BCUT2D eigenvalue weighted by Crippen LogP contribution is -2.15. The third-order valence-corrected chi connectivity index (χ3v) is 6.63. The van der Waals surface area contributed by atoms with Gasteiger partial charge in [0.1, 0.15) is 23.1 Å². The highest BCUT2D eigenvalue weighted by Crippen LogP contribution is 2.36. The number of hydrogen-bond acceptors (Lipinski definition) is 5. The minimum Gasteiger partial charge on any atom is -0.326 e. The average molecular weight is 518 g/mol. The summed E-state index contributed by atoms with van der Waals surface area (Å²) in [5.41, 5.74) is 3.61. The van der Waals surface area contributed by atoms with E-state index >= 15 is 4.39 Å². The number of imidazole rings is 1. The summed E-state index contributed by atoms with van der Waals surface area (Å²) in [7, 11) is 0. The van der Waals surface area contributed by atoms with Gasteiger partial charge in [0, 0.05) is 18.7 Å². The van der Waals surface area contributed by atoms with Gasteiger partial charge in [0.05, 0.1) is 17.0 Å². The van der Waals surface area contributed by atoms with Gasteiger partial charge in [0.15, 0.2) is 5.65 Å². The second-order valence-corrected chi connectivity index (χ2v) is 8.93. The van der Waals surface area contributed by atoms with Crippen LogP contribution in [0.2, 0.25) is 5.15 Å². The zero-order valence-corrected chi connectivity index (χ0v) is 21.4. The van der Waals surface area contributed by atoms with Crippen molar-refractivity contribution in [1.82, 2.24) is 29.3 Å². The van der Waals surface area contributed by atoms with Crippen LogP contribution in [-0.2, 0) is 13.1 Å². The van der Waals surface area contributed by atoms with Crippen molar-refractivity contribution in [1.29, 1.82) is 0 Å². The van der Waals surface area contributed by atoms with Gasteiger partial charge in [0.2, 0.25) is 5.95 Å². The predicted octanol–water partition coefficient (Wildman–Crippen LogP) is 5.60. The first-order chi connectivity index (χ1) is 17.9. The summed E-state index contributed by atoms with van der Waals surface area (Å²) in [6, 6.07) is 16.2. The smallest absolute Gasteiger partial charge is 0.261 e. The fraction of sp³-hybridized carbons (Fsp3) is 0.222. The van der Waals surface area contributed by atoms with E-state index in [1.54, 1.807) is 22.9 Å². The Labute approximate surface area is 218 Å². The van der Waals surface area contributed by atoms with Gasteiger partial charge < -0.3 is 4.57 Å². The quantitative estimate of drug-likeness (QED) is 0.284. The van der Waals surface area contributed by atoms with Crippen LogP contribution in [0.3, 0.4) is 0 Å². The van der Waals surface area contributed by atoms with Crippen LogP contribution in [0, 0.1) is 12.7 Å². The third kappa shape index (κ3) is 4.58. The molecule has 0 aliphatic heterocycles. The van der Waals surface area contributed by atoms with Gasteiger partial charge in [-0.3, -0.25) is 14.8 Å². The van der Waals surface area contributed by atoms with Crippen LogP contribution in [-0.4, -0.2) is 35.2 Å². The van der Waals surface area contributed by atoms with Crippen molar-refractivity contribution in [2.45, 2.75) is 39.8 Å². The molecule has 1 N–H and O–H groups in total. The first-order valence-electron chi connectivity index (χ1n) is 12.0. The normalized spacial score (nSPS) is 12.1. The van der Waals surface area contributed by atoms with Gasteiger partial charge in [-0.25, -0.2) is 19.3 Å². The van der Waals surface area contributed by atoms with Gasteiger partial charge in [-0.05, 0) is 44.0 Å². The largest absolute Gasteiger partial charge is 0.326 e. The van der Waals surface area contributed by atoms with Crippen molar-refractivity contribution < 1.29 is 9.18 Å². The van der Waals surface area contributed by atoms with Gasteiger partial charge in [-0.2, -0.15) is 0 Å². The summed E-state index contributed by atoms with van der Waals surface area (Å²) in [5, 5.41) is 6.86. The standard InChI is InChI=1S/C27H25ClFN7O/c1-4-35-15-30-27(34-35)33-26(37)19-14-21-24(31-23(19)28)32-25(36(21)5-2)22(17-11-7-6-10-16(17)3)18-12-8-9-13-20(18)29/h6-15,22H,4-5H2,1-3H3,(H,33,34,37). The van der Waals surface area contributed by atoms with Crippen molar-refractivity contribution in [3.8, 4) is 0 Å². The molecule has 5 aromatic rings. The number of aryl methyl sites for hydroxylation is 3. The number of pyridine rings is 1. The molecule has 5 rings (SSSR count). The average Bonchev–Trinajstić information content (AvgIpc) is 3.49. The molecule has 0 bridgehead atoms. The van der Waals surface area contributed by atoms with Crippen LogP contribution in [0.25, 0.3) is 11.2 Å². The van der Waals surface area contributed by atoms with Crippen LogP contribution in [0.5, 0.6) is 0 Å². The van der Waals surface area contributed by atoms with Crippen molar-refractivity contribution in [3.63, 3.8) is 0 Å². The molecule has 8 nitrogen and oxygen atoms in total. The fourth-order valence-electron chi connectivity index (χ4n) is 4.50. The van der Waals surface area contributed by atoms with Crippen LogP contribution in [0.15, 0.2) is 60.9 Å². The number of amides is 1. The third-order valence-electron chi connectivity index (χ3n) is 6.34. The molecule has 0 aliphatic rings. The van der Waals surface area contributed by atoms with Crippen LogP contribution < -0.4 is 5.32 Å². The Morgan fingerprint density at radius 1 is 1.05 bits per heavy atom. The van der Waals surface area contributed by atoms with E-state index in [1.807, 2.05) is 55.7 Å². The Kier molecular flexibility index (Phi) is 6.71. The Morgan fingerprint density at radius 3 is 2.46 bits per heavy atom. The highest BCUT2D eigenvalue weighted by molar-refractivity contribution is 6.33. The number of anilines is 1. The van der Waals surface area contributed by atoms with Crippen molar-refractivity contribution in [2.75, 3.05) is 5.32 Å². The molecule has 1 unspecified atom stereocenters. The number of carbonyl (C=O) groups is 1. The monoisotopic (exact) mass is 517 g/mol. The lowest BCUT2D eigenvalue weighted by Gasteiger charge is -2.21. The first kappa shape index (κ1) is 24.6. The summed E-state index contributed by atoms with van der Waals surface area (Å²) in [5.74, 6) is -0.512. The fourth-order valence-corrected chi connectivity index (χ4v) is 4.72. The molecule has 3 heterocycles. The summed E-state index contributed by atoms with van der Waals surface area (Å²) in [6.45, 7) is 7.03. The molecule has 0 saturated carbocycles. The van der Waals surface area contributed by atoms with Gasteiger partial charge in [0.25, 0.3) is 5.91 Å². The molecular formula is C27H25ClFN7O. The van der Waals surface area contributed by atoms with Gasteiger partial charge in [-0.15, -0.1) is 5.10 Å². The Balaban J connectivity index is 1.65. The summed E-state index contributed by atoms with van der Waals surface area (Å²) < 4.78 is 18.7. The number of halogens is 2. The zero-order valence-electron chi connectivity index (χ0n) is 20.6. The van der Waals surface area contributed by atoms with E-state index in [0.29, 0.717) is 35.6 Å². The van der Waals surface area contributed by atoms with Crippen LogP contribution >= 0.6 is 11.6 Å². The lowest BCUT2D eigenvalue weighted by atomic mass is 9.87. The van der Waals surface area contributed by atoms with E-state index in [2.05, 4.69) is 20.4 Å². The maximum absolute atomic E-state index is 15.2. The molecule has 1 amide bonds. The Hall–Kier alpha value is -4.11. The number of rotatable bonds is 7. The summed E-state index contributed by atoms with van der Waals surface area (Å²) >= 11 is 6.44. The first-order valence-corrected chi connectivity index (χ1v) is 12.4. The molecule has 10 heteroatoms. The molecule has 0 saturated heterocycles. The number of aromatic nitrogens is 6. The van der Waals surface area contributed by atoms with Crippen molar-refractivity contribution >= 4 is 34.6 Å². The van der Waals surface area contributed by atoms with Crippen LogP contribution in [0.4, 0.5) is 10.3 Å². The molecule has 0 fully saturated rings. The van der Waals surface area contributed by atoms with E-state index in [-0.39, 0.29) is 22.5 Å². The van der Waals surface area contributed by atoms with E-state index in [0.717, 1.165) is 11.1 Å². The second-order valence-electron chi connectivity index (χ2n) is 8.57. The highest BCUT2D eigenvalue weighted by atomic mass is 35.5. The topological polar surface area (TPSA) is 90.5 Å². The second kappa shape index (κ2) is 10.1. The zero-order chi connectivity index (χ0) is 26.1. The minimum atomic E-state index is -0.491. The maximum Gasteiger partial charge on any atom is 0.261 e. The SMILES string of the molecule is CCn1cnc(NC(=O)c2cc3c(nc2Cl)nc(C(c2ccccc2C)c2ccccc2F)n3CC)n1. The van der Waals surface area contributed by atoms with E-state index < -0.39 is 11.8 Å². The molecule has 0 spiro atoms. The number of fused-ring (bicyclic) bond motifs is 1. The van der Waals surface area contributed by atoms with Gasteiger partial charge in [-0.1, -0.05) is 54.1 Å². The van der Waals surface area contributed by atoms with Gasteiger partial charge >= 0.3 is 0 Å². The predicted molar refractivity (Wildman–Crippen MR) is 140 cm³/mol. The molecule has 0 radical (unpaired) electrons. The van der Waals surface area contributed by atoms with E-state index in [9.17, 15) is 4.79 Å². The Bertz CT molecular complexity index is 1560. The number of benzene rings is 2. The lowest BCUT2D eigenvalue weighted by molar-refractivity contribution is 0.102. The van der Waals surface area contributed by atoms with Crippen molar-refractivity contribution in [2.24, 2.45) is 0 Å². The minimum absolute atomic E-state index is 0.00515. The molecule has 188 valence electrons. The molecule has 2 aromatic carbocycles.